The summed E-state index contributed by atoms with van der Waals surface area (Å²) in [7, 11) is 0. The Morgan fingerprint density at radius 1 is 0.625 bits per heavy atom. The Hall–Kier alpha value is -3.58. The molecule has 0 radical (unpaired) electrons. The molecule has 2 aromatic carbocycles. The molecule has 0 aromatic heterocycles. The van der Waals surface area contributed by atoms with Crippen molar-refractivity contribution in [1.29, 1.82) is 0 Å². The summed E-state index contributed by atoms with van der Waals surface area (Å²) in [6, 6.07) is 13.3. The largest absolute Gasteiger partial charge is 0.508 e. The zero-order valence-electron chi connectivity index (χ0n) is 18.1. The number of aromatic hydroxyl groups is 2. The van der Waals surface area contributed by atoms with Gasteiger partial charge in [0.15, 0.2) is 0 Å². The number of unbranched alkanes of at least 4 members (excludes halogenated alkanes) is 1. The summed E-state index contributed by atoms with van der Waals surface area (Å²) >= 11 is 0. The van der Waals surface area contributed by atoms with Gasteiger partial charge in [-0.25, -0.2) is 0 Å². The van der Waals surface area contributed by atoms with Crippen molar-refractivity contribution in [2.45, 2.75) is 19.3 Å². The minimum atomic E-state index is -0.145. The molecule has 0 aliphatic carbocycles. The molecule has 0 bridgehead atoms. The summed E-state index contributed by atoms with van der Waals surface area (Å²) in [5, 5.41) is 27.5. The van der Waals surface area contributed by atoms with Crippen molar-refractivity contribution in [2.24, 2.45) is 0 Å². The lowest BCUT2D eigenvalue weighted by Gasteiger charge is -2.06. The van der Waals surface area contributed by atoms with Crippen LogP contribution in [0.3, 0.4) is 0 Å². The Balaban J connectivity index is 1.42. The molecule has 0 aliphatic heterocycles. The van der Waals surface area contributed by atoms with Gasteiger partial charge in [-0.05, 0) is 79.9 Å². The van der Waals surface area contributed by atoms with E-state index in [-0.39, 0.29) is 23.3 Å². The van der Waals surface area contributed by atoms with Crippen LogP contribution in [0.4, 0.5) is 0 Å². The predicted octanol–water partition coefficient (Wildman–Crippen LogP) is 2.82. The molecule has 0 atom stereocenters. The zero-order valence-corrected chi connectivity index (χ0v) is 18.1. The van der Waals surface area contributed by atoms with Crippen LogP contribution in [0.5, 0.6) is 11.5 Å². The fourth-order valence-corrected chi connectivity index (χ4v) is 2.77. The van der Waals surface area contributed by atoms with E-state index in [1.807, 2.05) is 0 Å². The van der Waals surface area contributed by atoms with E-state index in [1.54, 1.807) is 60.7 Å². The van der Waals surface area contributed by atoms with E-state index in [0.29, 0.717) is 13.1 Å². The van der Waals surface area contributed by atoms with E-state index in [1.165, 1.54) is 12.2 Å². The molecule has 0 heterocycles. The number of phenols is 2. The Morgan fingerprint density at radius 2 is 1.03 bits per heavy atom. The van der Waals surface area contributed by atoms with E-state index in [0.717, 1.165) is 43.5 Å². The molecule has 170 valence electrons. The second-order valence-electron chi connectivity index (χ2n) is 7.24. The highest BCUT2D eigenvalue weighted by Crippen LogP contribution is 2.11. The second-order valence-corrected chi connectivity index (χ2v) is 7.24. The van der Waals surface area contributed by atoms with Gasteiger partial charge in [-0.2, -0.15) is 0 Å². The van der Waals surface area contributed by atoms with Gasteiger partial charge >= 0.3 is 0 Å². The summed E-state index contributed by atoms with van der Waals surface area (Å²) in [5.74, 6) is 0.113. The van der Waals surface area contributed by atoms with Crippen LogP contribution in [-0.4, -0.2) is 48.2 Å². The van der Waals surface area contributed by atoms with Gasteiger partial charge in [0, 0.05) is 25.2 Å². The van der Waals surface area contributed by atoms with E-state index in [4.69, 9.17) is 0 Å². The molecule has 2 rings (SSSR count). The summed E-state index contributed by atoms with van der Waals surface area (Å²) in [6.45, 7) is 2.87. The summed E-state index contributed by atoms with van der Waals surface area (Å²) in [4.78, 5) is 23.5. The van der Waals surface area contributed by atoms with Crippen molar-refractivity contribution < 1.29 is 19.8 Å². The topological polar surface area (TPSA) is 111 Å². The molecule has 0 spiro atoms. The number of nitrogens with one attached hydrogen (secondary N) is 3. The zero-order chi connectivity index (χ0) is 23.0. The third-order valence-electron chi connectivity index (χ3n) is 4.55. The van der Waals surface area contributed by atoms with Gasteiger partial charge in [-0.15, -0.1) is 0 Å². The summed E-state index contributed by atoms with van der Waals surface area (Å²) < 4.78 is 0. The Bertz CT molecular complexity index is 815. The third-order valence-corrected chi connectivity index (χ3v) is 4.55. The fourth-order valence-electron chi connectivity index (χ4n) is 2.77. The van der Waals surface area contributed by atoms with Gasteiger partial charge < -0.3 is 26.2 Å². The van der Waals surface area contributed by atoms with Gasteiger partial charge in [0.05, 0.1) is 0 Å². The molecule has 0 fully saturated rings. The molecule has 0 aliphatic rings. The van der Waals surface area contributed by atoms with Crippen molar-refractivity contribution >= 4 is 24.0 Å². The van der Waals surface area contributed by atoms with Crippen molar-refractivity contribution in [3.63, 3.8) is 0 Å². The van der Waals surface area contributed by atoms with Crippen LogP contribution < -0.4 is 16.0 Å². The molecule has 5 N–H and O–H groups in total. The number of hydrogen-bond donors (Lipinski definition) is 5. The highest BCUT2D eigenvalue weighted by Gasteiger charge is 1.97. The number of carbonyl (C=O) groups is 2. The molecular weight excluding hydrogens is 408 g/mol. The first kappa shape index (κ1) is 24.7. The lowest BCUT2D eigenvalue weighted by Crippen LogP contribution is -2.27. The highest BCUT2D eigenvalue weighted by atomic mass is 16.3. The molecule has 32 heavy (non-hydrogen) atoms. The maximum absolute atomic E-state index is 11.8. The van der Waals surface area contributed by atoms with Gasteiger partial charge in [0.1, 0.15) is 11.5 Å². The van der Waals surface area contributed by atoms with Crippen molar-refractivity contribution in [3.05, 3.63) is 71.8 Å². The lowest BCUT2D eigenvalue weighted by molar-refractivity contribution is -0.117. The van der Waals surface area contributed by atoms with E-state index >= 15 is 0 Å². The predicted molar refractivity (Wildman–Crippen MR) is 127 cm³/mol. The molecular formula is C25H31N3O4. The molecule has 7 nitrogen and oxygen atoms in total. The molecule has 0 saturated carbocycles. The van der Waals surface area contributed by atoms with Crippen LogP contribution >= 0.6 is 0 Å². The number of carbonyl (C=O) groups excluding carboxylic acids is 2. The number of amides is 2. The number of benzene rings is 2. The fraction of sp³-hybridized carbons (Fsp3) is 0.280. The summed E-state index contributed by atoms with van der Waals surface area (Å²) in [5.41, 5.74) is 1.70. The first-order chi connectivity index (χ1) is 15.5. The quantitative estimate of drug-likeness (QED) is 0.187. The molecule has 7 heteroatoms. The maximum atomic E-state index is 11.8. The van der Waals surface area contributed by atoms with Gasteiger partial charge in [0.25, 0.3) is 0 Å². The first-order valence-electron chi connectivity index (χ1n) is 10.7. The maximum Gasteiger partial charge on any atom is 0.243 e. The van der Waals surface area contributed by atoms with Crippen LogP contribution in [0, 0.1) is 0 Å². The van der Waals surface area contributed by atoms with Crippen LogP contribution in [0.2, 0.25) is 0 Å². The Morgan fingerprint density at radius 3 is 1.53 bits per heavy atom. The molecule has 0 saturated heterocycles. The second kappa shape index (κ2) is 14.4. The van der Waals surface area contributed by atoms with E-state index in [9.17, 15) is 19.8 Å². The molecule has 0 unspecified atom stereocenters. The van der Waals surface area contributed by atoms with Crippen LogP contribution in [0.15, 0.2) is 60.7 Å². The van der Waals surface area contributed by atoms with Crippen LogP contribution in [-0.2, 0) is 9.59 Å². The Kier molecular flexibility index (Phi) is 11.1. The molecule has 2 aromatic rings. The Labute approximate surface area is 188 Å². The van der Waals surface area contributed by atoms with Crippen molar-refractivity contribution in [1.82, 2.24) is 16.0 Å². The van der Waals surface area contributed by atoms with Gasteiger partial charge in [-0.1, -0.05) is 24.3 Å². The molecule has 2 amide bonds. The summed E-state index contributed by atoms with van der Waals surface area (Å²) in [6.07, 6.45) is 9.03. The van der Waals surface area contributed by atoms with E-state index < -0.39 is 0 Å². The minimum Gasteiger partial charge on any atom is -0.508 e. The van der Waals surface area contributed by atoms with Crippen molar-refractivity contribution in [3.8, 4) is 11.5 Å². The smallest absolute Gasteiger partial charge is 0.243 e. The minimum absolute atomic E-state index is 0.138. The standard InChI is InChI=1S/C25H31N3O4/c29-22-10-4-20(5-11-22)8-14-24(31)27-18-2-1-16-26-17-3-19-28-25(32)15-9-21-6-12-23(30)13-7-21/h4-15,26,29-30H,1-3,16-19H2,(H,27,31)(H,28,32)/b14-8+,15-9+/i16+1,18+1. The van der Waals surface area contributed by atoms with Crippen LogP contribution in [0.1, 0.15) is 30.4 Å². The number of rotatable bonds is 13. The average Bonchev–Trinajstić information content (AvgIpc) is 2.79. The monoisotopic (exact) mass is 439 g/mol. The third kappa shape index (κ3) is 11.0. The lowest BCUT2D eigenvalue weighted by atomic mass is 10.2. The van der Waals surface area contributed by atoms with Crippen LogP contribution in [0.25, 0.3) is 12.2 Å². The van der Waals surface area contributed by atoms with Gasteiger partial charge in [0.2, 0.25) is 11.8 Å². The SMILES string of the molecule is O=C(/C=C/c1ccc(O)cc1)NCCCN[13CH2]CC[13CH2]NC(=O)/C=C/c1ccc(O)cc1. The van der Waals surface area contributed by atoms with Crippen molar-refractivity contribution in [2.75, 3.05) is 26.2 Å². The highest BCUT2D eigenvalue weighted by molar-refractivity contribution is 5.92. The number of hydrogen-bond acceptors (Lipinski definition) is 5. The van der Waals surface area contributed by atoms with E-state index in [2.05, 4.69) is 16.0 Å². The average molecular weight is 440 g/mol. The number of phenolic OH excluding ortho intramolecular Hbond substituents is 2. The first-order valence-corrected chi connectivity index (χ1v) is 10.7. The normalized spacial score (nSPS) is 11.1. The van der Waals surface area contributed by atoms with Gasteiger partial charge in [-0.3, -0.25) is 9.59 Å².